The molecule has 2 saturated carbocycles. The topological polar surface area (TPSA) is 168 Å². The number of methoxy groups -OCH3 is 1. The SMILES string of the molecule is COc1ccc(CN(C)C)cc1-c1ccc(O)c2c1CC1CC3C(N(C)C)C(=O)C(C(N)=O)C(=O)C3(O)C(=O)C1C2=O. The molecule has 2 aromatic carbocycles. The molecule has 0 heterocycles. The highest BCUT2D eigenvalue weighted by Gasteiger charge is 2.69. The maximum atomic E-state index is 14.0. The maximum Gasteiger partial charge on any atom is 0.235 e. The molecule has 11 heteroatoms. The van der Waals surface area contributed by atoms with Gasteiger partial charge in [0.05, 0.1) is 24.6 Å². The van der Waals surface area contributed by atoms with Gasteiger partial charge in [0.2, 0.25) is 5.91 Å². The first-order valence-electron chi connectivity index (χ1n) is 13.8. The van der Waals surface area contributed by atoms with Crippen molar-refractivity contribution < 1.29 is 38.9 Å². The molecule has 0 spiro atoms. The summed E-state index contributed by atoms with van der Waals surface area (Å²) in [5.41, 5.74) is 5.43. The van der Waals surface area contributed by atoms with Crippen molar-refractivity contribution in [2.24, 2.45) is 29.4 Å². The molecule has 6 unspecified atom stereocenters. The fourth-order valence-corrected chi connectivity index (χ4v) is 7.29. The van der Waals surface area contributed by atoms with Crippen molar-refractivity contribution in [3.63, 3.8) is 0 Å². The van der Waals surface area contributed by atoms with E-state index in [4.69, 9.17) is 10.5 Å². The lowest BCUT2D eigenvalue weighted by Crippen LogP contribution is -2.74. The zero-order valence-corrected chi connectivity index (χ0v) is 24.2. The Morgan fingerprint density at radius 3 is 2.33 bits per heavy atom. The van der Waals surface area contributed by atoms with Gasteiger partial charge < -0.3 is 25.6 Å². The molecule has 0 bridgehead atoms. The number of phenols is 1. The van der Waals surface area contributed by atoms with Crippen molar-refractivity contribution in [3.8, 4) is 22.6 Å². The van der Waals surface area contributed by atoms with Gasteiger partial charge in [0.25, 0.3) is 0 Å². The summed E-state index contributed by atoms with van der Waals surface area (Å²) in [6.07, 6.45) is 0.146. The summed E-state index contributed by atoms with van der Waals surface area (Å²) in [4.78, 5) is 70.4. The summed E-state index contributed by atoms with van der Waals surface area (Å²) < 4.78 is 5.64. The summed E-state index contributed by atoms with van der Waals surface area (Å²) in [6.45, 7) is 0.649. The lowest BCUT2D eigenvalue weighted by atomic mass is 9.52. The smallest absolute Gasteiger partial charge is 0.235 e. The Labute approximate surface area is 243 Å². The van der Waals surface area contributed by atoms with Crippen molar-refractivity contribution >= 4 is 29.0 Å². The van der Waals surface area contributed by atoms with Crippen LogP contribution < -0.4 is 10.5 Å². The number of ketones is 4. The highest BCUT2D eigenvalue weighted by atomic mass is 16.5. The number of amides is 1. The predicted octanol–water partition coefficient (Wildman–Crippen LogP) is 0.604. The van der Waals surface area contributed by atoms with Crippen molar-refractivity contribution in [3.05, 3.63) is 47.0 Å². The Kier molecular flexibility index (Phi) is 7.33. The Morgan fingerprint density at radius 2 is 1.74 bits per heavy atom. The minimum atomic E-state index is -2.76. The number of nitrogens with two attached hydrogens (primary N) is 1. The summed E-state index contributed by atoms with van der Waals surface area (Å²) in [5.74, 6) is -10.2. The van der Waals surface area contributed by atoms with E-state index in [0.29, 0.717) is 29.0 Å². The highest BCUT2D eigenvalue weighted by Crippen LogP contribution is 2.52. The molecule has 2 fully saturated rings. The number of aromatic hydroxyl groups is 1. The van der Waals surface area contributed by atoms with Crippen LogP contribution in [-0.4, -0.2) is 96.0 Å². The predicted molar refractivity (Wildman–Crippen MR) is 151 cm³/mol. The number of carbonyl (C=O) groups excluding carboxylic acids is 5. The number of ether oxygens (including phenoxy) is 1. The van der Waals surface area contributed by atoms with Crippen molar-refractivity contribution in [2.75, 3.05) is 35.3 Å². The number of aliphatic hydroxyl groups is 1. The Balaban J connectivity index is 1.66. The van der Waals surface area contributed by atoms with Gasteiger partial charge in [-0.15, -0.1) is 0 Å². The lowest BCUT2D eigenvalue weighted by molar-refractivity contribution is -0.181. The molecule has 4 N–H and O–H groups in total. The molecule has 5 rings (SSSR count). The molecule has 0 aliphatic heterocycles. The Hall–Kier alpha value is -3.93. The zero-order valence-electron chi connectivity index (χ0n) is 24.2. The summed E-state index contributed by atoms with van der Waals surface area (Å²) in [7, 11) is 8.53. The molecule has 11 nitrogen and oxygen atoms in total. The second-order valence-electron chi connectivity index (χ2n) is 12.0. The molecule has 222 valence electrons. The van der Waals surface area contributed by atoms with Crippen LogP contribution in [0.1, 0.15) is 27.9 Å². The van der Waals surface area contributed by atoms with Gasteiger partial charge in [-0.05, 0) is 81.8 Å². The molecule has 0 saturated heterocycles. The summed E-state index contributed by atoms with van der Waals surface area (Å²) in [6, 6.07) is 7.66. The van der Waals surface area contributed by atoms with Crippen molar-refractivity contribution in [2.45, 2.75) is 31.0 Å². The number of primary amides is 1. The van der Waals surface area contributed by atoms with Crippen LogP contribution in [0, 0.1) is 23.7 Å². The van der Waals surface area contributed by atoms with Gasteiger partial charge in [-0.2, -0.15) is 0 Å². The van der Waals surface area contributed by atoms with Gasteiger partial charge >= 0.3 is 0 Å². The number of hydrogen-bond donors (Lipinski definition) is 3. The van der Waals surface area contributed by atoms with Crippen LogP contribution in [0.5, 0.6) is 11.5 Å². The number of carbonyl (C=O) groups is 5. The molecule has 0 aromatic heterocycles. The number of fused-ring (bicyclic) bond motifs is 3. The van der Waals surface area contributed by atoms with E-state index >= 15 is 0 Å². The van der Waals surface area contributed by atoms with Crippen LogP contribution in [0.4, 0.5) is 0 Å². The standard InChI is InChI=1S/C31H35N3O8/c1-33(2)13-14-6-9-21(42-5)17(10-14)16-7-8-20(35)23-18(16)11-15-12-19-25(34(3)4)27(37)24(30(32)40)29(39)31(19,41)28(38)22(15)26(23)36/h6-10,15,19,22,24-25,35,41H,11-13H2,1-5H3,(H2,32,40). The second-order valence-corrected chi connectivity index (χ2v) is 12.0. The molecular formula is C31H35N3O8. The van der Waals surface area contributed by atoms with Crippen LogP contribution in [0.3, 0.4) is 0 Å². The van der Waals surface area contributed by atoms with Crippen LogP contribution in [-0.2, 0) is 32.1 Å². The molecule has 1 amide bonds. The van der Waals surface area contributed by atoms with E-state index in [2.05, 4.69) is 0 Å². The zero-order chi connectivity index (χ0) is 30.8. The first-order valence-corrected chi connectivity index (χ1v) is 13.8. The summed E-state index contributed by atoms with van der Waals surface area (Å²) in [5, 5.41) is 22.6. The van der Waals surface area contributed by atoms with E-state index in [0.717, 1.165) is 5.56 Å². The molecule has 3 aliphatic carbocycles. The van der Waals surface area contributed by atoms with Gasteiger partial charge in [-0.25, -0.2) is 0 Å². The van der Waals surface area contributed by atoms with Gasteiger partial charge in [0, 0.05) is 18.0 Å². The molecule has 0 radical (unpaired) electrons. The number of rotatable bonds is 6. The Bertz CT molecular complexity index is 1530. The number of benzene rings is 2. The quantitative estimate of drug-likeness (QED) is 0.414. The van der Waals surface area contributed by atoms with E-state index in [9.17, 15) is 34.2 Å². The first-order chi connectivity index (χ1) is 19.7. The fraction of sp³-hybridized carbons (Fsp3) is 0.452. The highest BCUT2D eigenvalue weighted by molar-refractivity contribution is 6.32. The maximum absolute atomic E-state index is 14.0. The van der Waals surface area contributed by atoms with Crippen LogP contribution >= 0.6 is 0 Å². The van der Waals surface area contributed by atoms with Crippen LogP contribution in [0.25, 0.3) is 11.1 Å². The lowest BCUT2D eigenvalue weighted by Gasteiger charge is -2.52. The van der Waals surface area contributed by atoms with E-state index in [1.807, 2.05) is 37.2 Å². The van der Waals surface area contributed by atoms with Crippen molar-refractivity contribution in [1.29, 1.82) is 0 Å². The van der Waals surface area contributed by atoms with Crippen LogP contribution in [0.2, 0.25) is 0 Å². The average Bonchev–Trinajstić information content (AvgIpc) is 2.90. The van der Waals surface area contributed by atoms with Gasteiger partial charge in [-0.3, -0.25) is 28.9 Å². The third-order valence-corrected chi connectivity index (χ3v) is 9.00. The molecule has 3 aliphatic rings. The van der Waals surface area contributed by atoms with E-state index in [1.165, 1.54) is 18.1 Å². The first kappa shape index (κ1) is 29.6. The molecule has 6 atom stereocenters. The monoisotopic (exact) mass is 577 g/mol. The van der Waals surface area contributed by atoms with E-state index in [1.54, 1.807) is 20.2 Å². The fourth-order valence-electron chi connectivity index (χ4n) is 7.29. The van der Waals surface area contributed by atoms with E-state index < -0.39 is 64.4 Å². The van der Waals surface area contributed by atoms with E-state index in [-0.39, 0.29) is 24.2 Å². The normalized spacial score (nSPS) is 28.9. The van der Waals surface area contributed by atoms with Crippen molar-refractivity contribution in [1.82, 2.24) is 9.80 Å². The second kappa shape index (κ2) is 10.4. The van der Waals surface area contributed by atoms with Gasteiger partial charge in [0.15, 0.2) is 34.7 Å². The molecule has 2 aromatic rings. The van der Waals surface area contributed by atoms with Gasteiger partial charge in [0.1, 0.15) is 11.5 Å². The number of likely N-dealkylation sites (N-methyl/N-ethyl adjacent to an activating group) is 1. The minimum absolute atomic E-state index is 0.0171. The number of hydrogen-bond acceptors (Lipinski definition) is 10. The third kappa shape index (κ3) is 4.26. The number of nitrogens with zero attached hydrogens (tertiary/aromatic N) is 2. The number of Topliss-reactive ketones (excluding diaryl/α,β-unsaturated/α-hetero) is 4. The number of phenolic OH excluding ortho intramolecular Hbond substituents is 1. The summed E-state index contributed by atoms with van der Waals surface area (Å²) >= 11 is 0. The van der Waals surface area contributed by atoms with Crippen LogP contribution in [0.15, 0.2) is 30.3 Å². The van der Waals surface area contributed by atoms with Gasteiger partial charge in [-0.1, -0.05) is 12.1 Å². The largest absolute Gasteiger partial charge is 0.507 e. The molecule has 42 heavy (non-hydrogen) atoms. The average molecular weight is 578 g/mol. The minimum Gasteiger partial charge on any atom is -0.507 e. The third-order valence-electron chi connectivity index (χ3n) is 9.00. The Morgan fingerprint density at radius 1 is 1.05 bits per heavy atom. The molecular weight excluding hydrogens is 542 g/mol.